The van der Waals surface area contributed by atoms with Gasteiger partial charge in [0.05, 0.1) is 11.4 Å². The van der Waals surface area contributed by atoms with Gasteiger partial charge in [-0.25, -0.2) is 4.39 Å². The molecular weight excluding hydrogens is 251 g/mol. The highest BCUT2D eigenvalue weighted by Gasteiger charge is 2.17. The number of nitrogens with one attached hydrogen (secondary N) is 1. The Balaban J connectivity index is 1.89. The Bertz CT molecular complexity index is 620. The molecule has 3 rings (SSSR count). The van der Waals surface area contributed by atoms with E-state index in [2.05, 4.69) is 36.2 Å². The molecule has 2 nitrogen and oxygen atoms in total. The van der Waals surface area contributed by atoms with E-state index < -0.39 is 0 Å². The average molecular weight is 270 g/mol. The first kappa shape index (κ1) is 13.0. The summed E-state index contributed by atoms with van der Waals surface area (Å²) in [5.41, 5.74) is 6.18. The molecule has 1 aliphatic heterocycles. The van der Waals surface area contributed by atoms with Gasteiger partial charge in [0.15, 0.2) is 0 Å². The van der Waals surface area contributed by atoms with E-state index in [0.29, 0.717) is 0 Å². The van der Waals surface area contributed by atoms with E-state index in [9.17, 15) is 4.39 Å². The van der Waals surface area contributed by atoms with Crippen molar-refractivity contribution < 1.29 is 4.39 Å². The molecule has 0 unspecified atom stereocenters. The van der Waals surface area contributed by atoms with Crippen LogP contribution in [0.2, 0.25) is 0 Å². The van der Waals surface area contributed by atoms with Crippen molar-refractivity contribution in [1.82, 2.24) is 0 Å². The van der Waals surface area contributed by atoms with Crippen molar-refractivity contribution in [3.05, 3.63) is 58.9 Å². The maximum Gasteiger partial charge on any atom is 0.123 e. The van der Waals surface area contributed by atoms with Crippen LogP contribution >= 0.6 is 0 Å². The van der Waals surface area contributed by atoms with Gasteiger partial charge in [0, 0.05) is 19.6 Å². The van der Waals surface area contributed by atoms with Crippen LogP contribution in [0.4, 0.5) is 15.8 Å². The predicted octanol–water partition coefficient (Wildman–Crippen LogP) is 3.87. The summed E-state index contributed by atoms with van der Waals surface area (Å²) >= 11 is 0. The van der Waals surface area contributed by atoms with Crippen LogP contribution in [0.5, 0.6) is 0 Å². The molecule has 1 aliphatic rings. The Labute approximate surface area is 119 Å². The highest BCUT2D eigenvalue weighted by atomic mass is 19.1. The lowest BCUT2D eigenvalue weighted by Gasteiger charge is -2.33. The Morgan fingerprint density at radius 2 is 1.80 bits per heavy atom. The fourth-order valence-electron chi connectivity index (χ4n) is 2.62. The summed E-state index contributed by atoms with van der Waals surface area (Å²) in [6.07, 6.45) is 0. The summed E-state index contributed by atoms with van der Waals surface area (Å²) in [6.45, 7) is 7.00. The molecule has 0 saturated heterocycles. The van der Waals surface area contributed by atoms with Gasteiger partial charge in [0.1, 0.15) is 5.82 Å². The van der Waals surface area contributed by atoms with Gasteiger partial charge in [-0.1, -0.05) is 12.1 Å². The molecule has 0 spiro atoms. The van der Waals surface area contributed by atoms with Crippen LogP contribution in [0, 0.1) is 19.7 Å². The van der Waals surface area contributed by atoms with Gasteiger partial charge in [0.25, 0.3) is 0 Å². The Morgan fingerprint density at radius 1 is 1.10 bits per heavy atom. The van der Waals surface area contributed by atoms with Crippen LogP contribution in [0.25, 0.3) is 0 Å². The molecule has 0 aromatic heterocycles. The summed E-state index contributed by atoms with van der Waals surface area (Å²) in [5, 5.41) is 3.45. The maximum absolute atomic E-state index is 13.0. The molecule has 0 saturated carbocycles. The predicted molar refractivity (Wildman–Crippen MR) is 81.9 cm³/mol. The van der Waals surface area contributed by atoms with E-state index in [1.807, 2.05) is 12.1 Å². The van der Waals surface area contributed by atoms with Crippen LogP contribution in [-0.2, 0) is 6.54 Å². The van der Waals surface area contributed by atoms with Gasteiger partial charge in [-0.05, 0) is 54.8 Å². The van der Waals surface area contributed by atoms with Gasteiger partial charge >= 0.3 is 0 Å². The van der Waals surface area contributed by atoms with Crippen LogP contribution in [0.1, 0.15) is 16.7 Å². The topological polar surface area (TPSA) is 15.3 Å². The second-order valence-corrected chi connectivity index (χ2v) is 5.43. The van der Waals surface area contributed by atoms with Crippen LogP contribution in [0.3, 0.4) is 0 Å². The summed E-state index contributed by atoms with van der Waals surface area (Å²) in [7, 11) is 0. The van der Waals surface area contributed by atoms with Crippen molar-refractivity contribution >= 4 is 11.4 Å². The SMILES string of the molecule is Cc1cc2c(cc1C)N(Cc1ccc(F)cc1)CCN2. The monoisotopic (exact) mass is 270 g/mol. The number of fused-ring (bicyclic) bond motifs is 1. The molecule has 2 aromatic carbocycles. The minimum atomic E-state index is -0.180. The Morgan fingerprint density at radius 3 is 2.55 bits per heavy atom. The molecule has 1 heterocycles. The van der Waals surface area contributed by atoms with Gasteiger partial charge in [-0.15, -0.1) is 0 Å². The van der Waals surface area contributed by atoms with Crippen LogP contribution < -0.4 is 10.2 Å². The van der Waals surface area contributed by atoms with E-state index >= 15 is 0 Å². The smallest absolute Gasteiger partial charge is 0.123 e. The largest absolute Gasteiger partial charge is 0.382 e. The van der Waals surface area contributed by atoms with Crippen molar-refractivity contribution in [2.45, 2.75) is 20.4 Å². The van der Waals surface area contributed by atoms with E-state index in [-0.39, 0.29) is 5.82 Å². The van der Waals surface area contributed by atoms with Crippen molar-refractivity contribution in [1.29, 1.82) is 0 Å². The molecule has 20 heavy (non-hydrogen) atoms. The molecule has 0 atom stereocenters. The Hall–Kier alpha value is -2.03. The molecule has 0 radical (unpaired) electrons. The fourth-order valence-corrected chi connectivity index (χ4v) is 2.62. The number of benzene rings is 2. The third-order valence-corrected chi connectivity index (χ3v) is 3.94. The number of hydrogen-bond acceptors (Lipinski definition) is 2. The number of halogens is 1. The third kappa shape index (κ3) is 2.48. The van der Waals surface area contributed by atoms with Crippen molar-refractivity contribution in [3.63, 3.8) is 0 Å². The normalized spacial score (nSPS) is 13.8. The number of rotatable bonds is 2. The van der Waals surface area contributed by atoms with Crippen molar-refractivity contribution in [3.8, 4) is 0 Å². The second kappa shape index (κ2) is 5.16. The first-order valence-corrected chi connectivity index (χ1v) is 6.98. The van der Waals surface area contributed by atoms with Crippen molar-refractivity contribution in [2.24, 2.45) is 0 Å². The van der Waals surface area contributed by atoms with E-state index in [0.717, 1.165) is 25.2 Å². The Kier molecular flexibility index (Phi) is 3.35. The standard InChI is InChI=1S/C17H19FN2/c1-12-9-16-17(10-13(12)2)20(8-7-19-16)11-14-3-5-15(18)6-4-14/h3-6,9-10,19H,7-8,11H2,1-2H3. The first-order valence-electron chi connectivity index (χ1n) is 6.98. The molecule has 0 bridgehead atoms. The lowest BCUT2D eigenvalue weighted by Crippen LogP contribution is -2.33. The summed E-state index contributed by atoms with van der Waals surface area (Å²) < 4.78 is 13.0. The first-order chi connectivity index (χ1) is 9.63. The minimum Gasteiger partial charge on any atom is -0.382 e. The molecular formula is C17H19FN2. The summed E-state index contributed by atoms with van der Waals surface area (Å²) in [5.74, 6) is -0.180. The zero-order chi connectivity index (χ0) is 14.1. The van der Waals surface area contributed by atoms with Gasteiger partial charge in [-0.3, -0.25) is 0 Å². The summed E-state index contributed by atoms with van der Waals surface area (Å²) in [4.78, 5) is 2.35. The van der Waals surface area contributed by atoms with Gasteiger partial charge in [-0.2, -0.15) is 0 Å². The molecule has 1 N–H and O–H groups in total. The van der Waals surface area contributed by atoms with Gasteiger partial charge < -0.3 is 10.2 Å². The highest BCUT2D eigenvalue weighted by Crippen LogP contribution is 2.32. The number of nitrogens with zero attached hydrogens (tertiary/aromatic N) is 1. The number of hydrogen-bond donors (Lipinski definition) is 1. The molecule has 0 aliphatic carbocycles. The maximum atomic E-state index is 13.0. The lowest BCUT2D eigenvalue weighted by atomic mass is 10.0. The molecule has 2 aromatic rings. The molecule has 0 fully saturated rings. The summed E-state index contributed by atoms with van der Waals surface area (Å²) in [6, 6.07) is 11.2. The minimum absolute atomic E-state index is 0.180. The molecule has 3 heteroatoms. The van der Waals surface area contributed by atoms with Crippen LogP contribution in [0.15, 0.2) is 36.4 Å². The zero-order valence-electron chi connectivity index (χ0n) is 11.9. The van der Waals surface area contributed by atoms with E-state index in [4.69, 9.17) is 0 Å². The molecule has 104 valence electrons. The lowest BCUT2D eigenvalue weighted by molar-refractivity contribution is 0.626. The second-order valence-electron chi connectivity index (χ2n) is 5.43. The molecule has 0 amide bonds. The van der Waals surface area contributed by atoms with Crippen molar-refractivity contribution in [2.75, 3.05) is 23.3 Å². The quantitative estimate of drug-likeness (QED) is 0.891. The highest BCUT2D eigenvalue weighted by molar-refractivity contribution is 5.74. The van der Waals surface area contributed by atoms with E-state index in [1.54, 1.807) is 0 Å². The van der Waals surface area contributed by atoms with Crippen LogP contribution in [-0.4, -0.2) is 13.1 Å². The zero-order valence-corrected chi connectivity index (χ0v) is 11.9. The third-order valence-electron chi connectivity index (χ3n) is 3.94. The van der Waals surface area contributed by atoms with E-state index in [1.165, 1.54) is 34.6 Å². The van der Waals surface area contributed by atoms with Gasteiger partial charge in [0.2, 0.25) is 0 Å². The number of aryl methyl sites for hydroxylation is 2. The average Bonchev–Trinajstić information content (AvgIpc) is 2.43. The fraction of sp³-hybridized carbons (Fsp3) is 0.294. The number of anilines is 2.